The van der Waals surface area contributed by atoms with E-state index in [4.69, 9.17) is 9.15 Å². The van der Waals surface area contributed by atoms with Gasteiger partial charge in [0.2, 0.25) is 5.89 Å². The van der Waals surface area contributed by atoms with E-state index in [1.165, 1.54) is 36.4 Å². The van der Waals surface area contributed by atoms with Gasteiger partial charge in [0.05, 0.1) is 0 Å². The normalized spacial score (nSPS) is 14.0. The molecule has 1 aromatic heterocycles. The highest BCUT2D eigenvalue weighted by Crippen LogP contribution is 2.24. The van der Waals surface area contributed by atoms with Crippen molar-refractivity contribution in [2.45, 2.75) is 51.2 Å². The SMILES string of the molecule is O=C(Cn1nc(-c2ccc(F)cc2)oc1=O)OCC(=O)N(Cc1ccc(F)cc1)C1CCCCC1. The third-order valence-corrected chi connectivity index (χ3v) is 5.93. The lowest BCUT2D eigenvalue weighted by Crippen LogP contribution is -2.43. The van der Waals surface area contributed by atoms with Crippen molar-refractivity contribution in [2.75, 3.05) is 6.61 Å². The van der Waals surface area contributed by atoms with Crippen LogP contribution in [0, 0.1) is 11.6 Å². The molecule has 1 fully saturated rings. The summed E-state index contributed by atoms with van der Waals surface area (Å²) in [7, 11) is 0. The average Bonchev–Trinajstić information content (AvgIpc) is 3.23. The predicted molar refractivity (Wildman–Crippen MR) is 121 cm³/mol. The number of carbonyl (C=O) groups excluding carboxylic acids is 2. The van der Waals surface area contributed by atoms with Crippen molar-refractivity contribution in [2.24, 2.45) is 0 Å². The highest BCUT2D eigenvalue weighted by molar-refractivity contribution is 5.81. The summed E-state index contributed by atoms with van der Waals surface area (Å²) in [6.45, 7) is -0.753. The van der Waals surface area contributed by atoms with Crippen LogP contribution in [0.3, 0.4) is 0 Å². The molecule has 35 heavy (non-hydrogen) atoms. The van der Waals surface area contributed by atoms with Crippen LogP contribution < -0.4 is 5.76 Å². The first-order chi connectivity index (χ1) is 16.9. The molecule has 0 saturated heterocycles. The van der Waals surface area contributed by atoms with Crippen LogP contribution in [0.1, 0.15) is 37.7 Å². The van der Waals surface area contributed by atoms with Gasteiger partial charge in [0.25, 0.3) is 5.91 Å². The fourth-order valence-corrected chi connectivity index (χ4v) is 4.11. The largest absolute Gasteiger partial charge is 0.454 e. The van der Waals surface area contributed by atoms with Gasteiger partial charge in [0.1, 0.15) is 18.2 Å². The van der Waals surface area contributed by atoms with Gasteiger partial charge in [-0.15, -0.1) is 5.10 Å². The summed E-state index contributed by atoms with van der Waals surface area (Å²) < 4.78 is 37.3. The van der Waals surface area contributed by atoms with E-state index in [1.54, 1.807) is 17.0 Å². The zero-order valence-electron chi connectivity index (χ0n) is 19.0. The average molecular weight is 485 g/mol. The Kier molecular flexibility index (Phi) is 7.69. The van der Waals surface area contributed by atoms with E-state index in [1.807, 2.05) is 0 Å². The molecule has 8 nitrogen and oxygen atoms in total. The summed E-state index contributed by atoms with van der Waals surface area (Å²) >= 11 is 0. The van der Waals surface area contributed by atoms with Gasteiger partial charge < -0.3 is 14.1 Å². The molecule has 3 aromatic rings. The second kappa shape index (κ2) is 11.1. The molecule has 0 unspecified atom stereocenters. The summed E-state index contributed by atoms with van der Waals surface area (Å²) in [6.07, 6.45) is 4.81. The summed E-state index contributed by atoms with van der Waals surface area (Å²) in [5, 5.41) is 3.94. The molecule has 1 aliphatic rings. The standard InChI is InChI=1S/C25H25F2N3O5/c26-19-10-6-17(7-11-19)14-29(21-4-2-1-3-5-21)22(31)16-34-23(32)15-30-25(33)35-24(28-30)18-8-12-20(27)13-9-18/h6-13,21H,1-5,14-16H2. The second-order valence-electron chi connectivity index (χ2n) is 8.44. The molecule has 2 aromatic carbocycles. The van der Waals surface area contributed by atoms with Gasteiger partial charge in [-0.1, -0.05) is 31.4 Å². The number of ether oxygens (including phenoxy) is 1. The minimum absolute atomic E-state index is 0.0106. The Morgan fingerprint density at radius 3 is 2.29 bits per heavy atom. The fraction of sp³-hybridized carbons (Fsp3) is 0.360. The first-order valence-electron chi connectivity index (χ1n) is 11.4. The Labute approximate surface area is 200 Å². The van der Waals surface area contributed by atoms with E-state index in [2.05, 4.69) is 5.10 Å². The molecule has 0 atom stereocenters. The predicted octanol–water partition coefficient (Wildman–Crippen LogP) is 3.69. The van der Waals surface area contributed by atoms with Crippen LogP contribution in [-0.2, 0) is 27.4 Å². The molecule has 10 heteroatoms. The van der Waals surface area contributed by atoms with Crippen LogP contribution in [0.15, 0.2) is 57.7 Å². The van der Waals surface area contributed by atoms with E-state index in [0.717, 1.165) is 42.3 Å². The summed E-state index contributed by atoms with van der Waals surface area (Å²) in [6, 6.07) is 11.1. The maximum Gasteiger partial charge on any atom is 0.437 e. The first kappa shape index (κ1) is 24.3. The zero-order chi connectivity index (χ0) is 24.8. The Balaban J connectivity index is 1.38. The lowest BCUT2D eigenvalue weighted by molar-refractivity contribution is -0.154. The Morgan fingerprint density at radius 1 is 1.00 bits per heavy atom. The van der Waals surface area contributed by atoms with Crippen LogP contribution in [-0.4, -0.2) is 39.2 Å². The van der Waals surface area contributed by atoms with Crippen LogP contribution in [0.2, 0.25) is 0 Å². The minimum Gasteiger partial charge on any atom is -0.454 e. The number of amides is 1. The molecule has 1 heterocycles. The Morgan fingerprint density at radius 2 is 1.63 bits per heavy atom. The van der Waals surface area contributed by atoms with Crippen molar-refractivity contribution in [1.29, 1.82) is 0 Å². The summed E-state index contributed by atoms with van der Waals surface area (Å²) in [5.41, 5.74) is 1.15. The van der Waals surface area contributed by atoms with Crippen LogP contribution >= 0.6 is 0 Å². The van der Waals surface area contributed by atoms with Crippen molar-refractivity contribution >= 4 is 11.9 Å². The van der Waals surface area contributed by atoms with Gasteiger partial charge in [-0.05, 0) is 54.8 Å². The summed E-state index contributed by atoms with van der Waals surface area (Å²) in [4.78, 5) is 39.0. The first-order valence-corrected chi connectivity index (χ1v) is 11.4. The molecule has 0 aliphatic heterocycles. The van der Waals surface area contributed by atoms with Gasteiger partial charge in [0.15, 0.2) is 6.61 Å². The third-order valence-electron chi connectivity index (χ3n) is 5.93. The summed E-state index contributed by atoms with van der Waals surface area (Å²) in [5.74, 6) is -2.96. The van der Waals surface area contributed by atoms with Gasteiger partial charge >= 0.3 is 11.7 Å². The van der Waals surface area contributed by atoms with Gasteiger partial charge in [-0.25, -0.2) is 13.6 Å². The van der Waals surface area contributed by atoms with Gasteiger partial charge in [-0.2, -0.15) is 4.68 Å². The molecule has 1 saturated carbocycles. The van der Waals surface area contributed by atoms with Crippen LogP contribution in [0.4, 0.5) is 8.78 Å². The van der Waals surface area contributed by atoms with Crippen LogP contribution in [0.5, 0.6) is 0 Å². The topological polar surface area (TPSA) is 94.6 Å². The number of halogens is 2. The van der Waals surface area contributed by atoms with Crippen molar-refractivity contribution in [3.8, 4) is 11.5 Å². The van der Waals surface area contributed by atoms with Gasteiger partial charge in [-0.3, -0.25) is 9.59 Å². The van der Waals surface area contributed by atoms with E-state index < -0.39 is 30.7 Å². The molecule has 0 N–H and O–H groups in total. The monoisotopic (exact) mass is 485 g/mol. The van der Waals surface area contributed by atoms with Gasteiger partial charge in [0, 0.05) is 18.2 Å². The number of nitrogens with zero attached hydrogens (tertiary/aromatic N) is 3. The molecule has 0 bridgehead atoms. The highest BCUT2D eigenvalue weighted by Gasteiger charge is 2.26. The maximum atomic E-state index is 13.3. The van der Waals surface area contributed by atoms with Crippen molar-refractivity contribution in [1.82, 2.24) is 14.7 Å². The smallest absolute Gasteiger partial charge is 0.437 e. The molecule has 1 aliphatic carbocycles. The molecular formula is C25H25F2N3O5. The molecule has 184 valence electrons. The number of hydrogen-bond donors (Lipinski definition) is 0. The second-order valence-corrected chi connectivity index (χ2v) is 8.44. The lowest BCUT2D eigenvalue weighted by atomic mass is 9.93. The Bertz CT molecular complexity index is 1220. The Hall–Kier alpha value is -3.82. The van der Waals surface area contributed by atoms with E-state index in [0.29, 0.717) is 5.56 Å². The van der Waals surface area contributed by atoms with E-state index in [9.17, 15) is 23.2 Å². The maximum absolute atomic E-state index is 13.3. The van der Waals surface area contributed by atoms with Crippen molar-refractivity contribution in [3.05, 3.63) is 76.3 Å². The molecular weight excluding hydrogens is 460 g/mol. The van der Waals surface area contributed by atoms with E-state index in [-0.39, 0.29) is 30.2 Å². The molecule has 0 radical (unpaired) electrons. The highest BCUT2D eigenvalue weighted by atomic mass is 19.1. The van der Waals surface area contributed by atoms with Crippen LogP contribution in [0.25, 0.3) is 11.5 Å². The molecule has 1 amide bonds. The number of carbonyl (C=O) groups is 2. The quantitative estimate of drug-likeness (QED) is 0.452. The number of benzene rings is 2. The zero-order valence-corrected chi connectivity index (χ0v) is 19.0. The number of hydrogen-bond acceptors (Lipinski definition) is 6. The van der Waals surface area contributed by atoms with Crippen molar-refractivity contribution in [3.63, 3.8) is 0 Å². The minimum atomic E-state index is -0.882. The van der Waals surface area contributed by atoms with E-state index >= 15 is 0 Å². The molecule has 4 rings (SSSR count). The number of esters is 1. The fourth-order valence-electron chi connectivity index (χ4n) is 4.11. The number of aromatic nitrogens is 2. The number of rotatable bonds is 8. The molecule has 0 spiro atoms. The van der Waals surface area contributed by atoms with Crippen molar-refractivity contribution < 1.29 is 27.5 Å². The third kappa shape index (κ3) is 6.40. The lowest BCUT2D eigenvalue weighted by Gasteiger charge is -2.34.